The summed E-state index contributed by atoms with van der Waals surface area (Å²) in [4.78, 5) is 7.03. The summed E-state index contributed by atoms with van der Waals surface area (Å²) in [6, 6.07) is 4.56. The molecule has 0 heterocycles. The number of allylic oxidation sites excluding steroid dienone is 1. The van der Waals surface area contributed by atoms with Crippen molar-refractivity contribution < 1.29 is 4.39 Å². The summed E-state index contributed by atoms with van der Waals surface area (Å²) < 4.78 is 12.6. The molecule has 1 rings (SSSR count). The van der Waals surface area contributed by atoms with Gasteiger partial charge in [-0.25, -0.2) is 0 Å². The van der Waals surface area contributed by atoms with Crippen LogP contribution in [0.25, 0.3) is 5.57 Å². The van der Waals surface area contributed by atoms with Crippen LogP contribution in [0.15, 0.2) is 36.4 Å². The highest BCUT2D eigenvalue weighted by Gasteiger charge is 2.16. The Kier molecular flexibility index (Phi) is 11.0. The van der Waals surface area contributed by atoms with Gasteiger partial charge in [0.25, 0.3) is 0 Å². The van der Waals surface area contributed by atoms with Crippen molar-refractivity contribution in [2.24, 2.45) is 4.99 Å². The first-order valence-electron chi connectivity index (χ1n) is 10.6. The number of hydrogen-bond donors (Lipinski definition) is 0. The fourth-order valence-electron chi connectivity index (χ4n) is 3.66. The molecule has 2 nitrogen and oxygen atoms in total. The quantitative estimate of drug-likeness (QED) is 0.276. The molecule has 1 aromatic rings. The fourth-order valence-corrected chi connectivity index (χ4v) is 3.66. The predicted molar refractivity (Wildman–Crippen MR) is 124 cm³/mol. The van der Waals surface area contributed by atoms with E-state index in [4.69, 9.17) is 0 Å². The van der Waals surface area contributed by atoms with Gasteiger partial charge in [-0.3, -0.25) is 9.38 Å². The molecule has 1 unspecified atom stereocenters. The highest BCUT2D eigenvalue weighted by molar-refractivity contribution is 6.03. The third-order valence-corrected chi connectivity index (χ3v) is 5.27. The van der Waals surface area contributed by atoms with Crippen LogP contribution in [0.5, 0.6) is 0 Å². The second kappa shape index (κ2) is 12.7. The molecule has 1 atom stereocenters. The Hall–Kier alpha value is -1.74. The van der Waals surface area contributed by atoms with Crippen LogP contribution in [0.2, 0.25) is 0 Å². The normalized spacial score (nSPS) is 13.0. The minimum Gasteiger partial charge on any atom is -0.303 e. The predicted octanol–water partition coefficient (Wildman–Crippen LogP) is 6.59. The summed E-state index contributed by atoms with van der Waals surface area (Å²) in [5.41, 5.74) is 7.11. The highest BCUT2D eigenvalue weighted by Crippen LogP contribution is 2.29. The van der Waals surface area contributed by atoms with Crippen molar-refractivity contribution >= 4 is 11.3 Å². The summed E-state index contributed by atoms with van der Waals surface area (Å²) in [6.45, 7) is 22.0. The minimum absolute atomic E-state index is 0.232. The Bertz CT molecular complexity index is 675. The van der Waals surface area contributed by atoms with Crippen LogP contribution in [0.1, 0.15) is 75.1 Å². The molecule has 0 spiro atoms. The van der Waals surface area contributed by atoms with E-state index in [1.807, 2.05) is 6.08 Å². The molecule has 0 fully saturated rings. The zero-order chi connectivity index (χ0) is 21.1. The lowest BCUT2D eigenvalue weighted by molar-refractivity contribution is 0.251. The van der Waals surface area contributed by atoms with Crippen LogP contribution in [0, 0.1) is 6.92 Å². The van der Waals surface area contributed by atoms with Crippen molar-refractivity contribution in [1.82, 2.24) is 4.90 Å². The van der Waals surface area contributed by atoms with Crippen molar-refractivity contribution in [3.63, 3.8) is 0 Å². The van der Waals surface area contributed by atoms with E-state index in [0.717, 1.165) is 43.8 Å². The smallest absolute Gasteiger partial charge is 0.0906 e. The van der Waals surface area contributed by atoms with Crippen molar-refractivity contribution in [3.05, 3.63) is 53.6 Å². The topological polar surface area (TPSA) is 15.6 Å². The standard InChI is InChI=1S/C25H39FN2/c1-8-13-27-22(7)25-18-24(21(6)17-23(25)19(3)4)20(5)11-16-28(14-9-2)15-10-12-26/h8,17-18,20H,1,3,9-16H2,2,4-7H3. The second-order valence-corrected chi connectivity index (χ2v) is 7.82. The molecule has 0 aliphatic carbocycles. The molecule has 0 bridgehead atoms. The lowest BCUT2D eigenvalue weighted by Crippen LogP contribution is -2.28. The average molecular weight is 387 g/mol. The first-order chi connectivity index (χ1) is 13.3. The monoisotopic (exact) mass is 386 g/mol. The summed E-state index contributed by atoms with van der Waals surface area (Å²) >= 11 is 0. The van der Waals surface area contributed by atoms with Crippen molar-refractivity contribution in [1.29, 1.82) is 0 Å². The molecule has 0 N–H and O–H groups in total. The third kappa shape index (κ3) is 7.35. The van der Waals surface area contributed by atoms with Gasteiger partial charge in [0.2, 0.25) is 0 Å². The summed E-state index contributed by atoms with van der Waals surface area (Å²) in [7, 11) is 0. The fraction of sp³-hybridized carbons (Fsp3) is 0.560. The van der Waals surface area contributed by atoms with Crippen LogP contribution < -0.4 is 0 Å². The Morgan fingerprint density at radius 3 is 2.50 bits per heavy atom. The largest absolute Gasteiger partial charge is 0.303 e. The molecule has 0 saturated heterocycles. The number of alkyl halides is 1. The maximum Gasteiger partial charge on any atom is 0.0906 e. The third-order valence-electron chi connectivity index (χ3n) is 5.27. The van der Waals surface area contributed by atoms with Crippen LogP contribution in [-0.2, 0) is 0 Å². The molecule has 0 aliphatic rings. The molecule has 0 saturated carbocycles. The van der Waals surface area contributed by atoms with Crippen molar-refractivity contribution in [2.75, 3.05) is 32.9 Å². The van der Waals surface area contributed by atoms with E-state index in [1.165, 1.54) is 22.3 Å². The van der Waals surface area contributed by atoms with Crippen LogP contribution in [0.3, 0.4) is 0 Å². The van der Waals surface area contributed by atoms with Gasteiger partial charge in [0.15, 0.2) is 0 Å². The first kappa shape index (κ1) is 24.3. The highest BCUT2D eigenvalue weighted by atomic mass is 19.1. The van der Waals surface area contributed by atoms with E-state index in [9.17, 15) is 4.39 Å². The average Bonchev–Trinajstić information content (AvgIpc) is 2.67. The molecule has 3 heteroatoms. The Morgan fingerprint density at radius 1 is 1.21 bits per heavy atom. The van der Waals surface area contributed by atoms with Crippen molar-refractivity contribution in [3.8, 4) is 0 Å². The number of aryl methyl sites for hydroxylation is 1. The van der Waals surface area contributed by atoms with Gasteiger partial charge in [0.05, 0.1) is 13.2 Å². The minimum atomic E-state index is -0.232. The Balaban J connectivity index is 3.08. The number of halogens is 1. The van der Waals surface area contributed by atoms with Crippen LogP contribution in [-0.4, -0.2) is 43.5 Å². The van der Waals surface area contributed by atoms with Gasteiger partial charge in [-0.2, -0.15) is 0 Å². The van der Waals surface area contributed by atoms with Crippen molar-refractivity contribution in [2.45, 2.75) is 59.8 Å². The maximum absolute atomic E-state index is 12.6. The number of aliphatic imine (C=N–C) groups is 1. The zero-order valence-electron chi connectivity index (χ0n) is 18.7. The lowest BCUT2D eigenvalue weighted by Gasteiger charge is -2.24. The van der Waals surface area contributed by atoms with E-state index >= 15 is 0 Å². The van der Waals surface area contributed by atoms with Gasteiger partial charge in [0.1, 0.15) is 0 Å². The second-order valence-electron chi connectivity index (χ2n) is 7.82. The SMILES string of the molecule is C=CCN=C(C)c1cc(C(C)CCN(CCC)CCCF)c(C)cc1C(=C)C. The van der Waals surface area contributed by atoms with E-state index in [0.29, 0.717) is 18.9 Å². The van der Waals surface area contributed by atoms with Crippen LogP contribution >= 0.6 is 0 Å². The molecule has 0 amide bonds. The van der Waals surface area contributed by atoms with Gasteiger partial charge in [-0.05, 0) is 81.8 Å². The molecular formula is C25H39FN2. The summed E-state index contributed by atoms with van der Waals surface area (Å²) in [5, 5.41) is 0. The van der Waals surface area contributed by atoms with E-state index in [-0.39, 0.29) is 6.67 Å². The van der Waals surface area contributed by atoms with E-state index < -0.39 is 0 Å². The van der Waals surface area contributed by atoms with Gasteiger partial charge >= 0.3 is 0 Å². The van der Waals surface area contributed by atoms with Gasteiger partial charge < -0.3 is 4.90 Å². The van der Waals surface area contributed by atoms with E-state index in [2.05, 4.69) is 69.8 Å². The molecule has 0 aliphatic heterocycles. The van der Waals surface area contributed by atoms with Gasteiger partial charge in [-0.15, -0.1) is 6.58 Å². The summed E-state index contributed by atoms with van der Waals surface area (Å²) in [6.07, 6.45) is 4.63. The number of rotatable bonds is 13. The molecular weight excluding hydrogens is 347 g/mol. The molecule has 0 radical (unpaired) electrons. The number of nitrogens with zero attached hydrogens (tertiary/aromatic N) is 2. The Morgan fingerprint density at radius 2 is 1.93 bits per heavy atom. The molecule has 28 heavy (non-hydrogen) atoms. The zero-order valence-corrected chi connectivity index (χ0v) is 18.7. The lowest BCUT2D eigenvalue weighted by atomic mass is 9.87. The van der Waals surface area contributed by atoms with E-state index in [1.54, 1.807) is 0 Å². The maximum atomic E-state index is 12.6. The molecule has 1 aromatic carbocycles. The Labute approximate surface area is 172 Å². The molecule has 156 valence electrons. The molecule has 0 aromatic heterocycles. The first-order valence-corrected chi connectivity index (χ1v) is 10.6. The van der Waals surface area contributed by atoms with Gasteiger partial charge in [-0.1, -0.05) is 38.1 Å². The van der Waals surface area contributed by atoms with Gasteiger partial charge in [0, 0.05) is 17.8 Å². The van der Waals surface area contributed by atoms with Crippen LogP contribution in [0.4, 0.5) is 4.39 Å². The summed E-state index contributed by atoms with van der Waals surface area (Å²) in [5.74, 6) is 0.440. The number of hydrogen-bond acceptors (Lipinski definition) is 2. The number of benzene rings is 1.